The van der Waals surface area contributed by atoms with Crippen LogP contribution in [0.1, 0.15) is 40.9 Å². The average molecular weight is 461 g/mol. The minimum atomic E-state index is -4.40. The number of carbonyl (C=O) groups is 1. The van der Waals surface area contributed by atoms with E-state index >= 15 is 0 Å². The van der Waals surface area contributed by atoms with Gasteiger partial charge in [-0.25, -0.2) is 9.48 Å². The van der Waals surface area contributed by atoms with Crippen LogP contribution in [0.3, 0.4) is 0 Å². The second-order valence-electron chi connectivity index (χ2n) is 7.90. The maximum absolute atomic E-state index is 13.0. The number of alkyl halides is 3. The van der Waals surface area contributed by atoms with Gasteiger partial charge in [0.15, 0.2) is 6.10 Å². The number of carboxylic acids is 1. The number of benzene rings is 2. The molecule has 3 aromatic rings. The first kappa shape index (κ1) is 24.3. The van der Waals surface area contributed by atoms with Crippen molar-refractivity contribution < 1.29 is 27.8 Å². The fourth-order valence-electron chi connectivity index (χ4n) is 3.63. The molecule has 0 saturated carbocycles. The van der Waals surface area contributed by atoms with Gasteiger partial charge < -0.3 is 15.2 Å². The highest BCUT2D eigenvalue weighted by atomic mass is 19.4. The van der Waals surface area contributed by atoms with Gasteiger partial charge in [0.1, 0.15) is 5.75 Å². The number of likely N-dealkylation sites (N-methyl/N-ethyl adjacent to an activating group) is 1. The van der Waals surface area contributed by atoms with Gasteiger partial charge in [-0.2, -0.15) is 18.3 Å². The van der Waals surface area contributed by atoms with Crippen molar-refractivity contribution >= 4 is 5.97 Å². The van der Waals surface area contributed by atoms with E-state index in [1.807, 2.05) is 32.2 Å². The Bertz CT molecular complexity index is 1140. The van der Waals surface area contributed by atoms with Gasteiger partial charge in [0.05, 0.1) is 11.3 Å². The molecule has 2 aromatic carbocycles. The lowest BCUT2D eigenvalue weighted by Crippen LogP contribution is -2.23. The SMILES string of the molecule is CNC(Cc1ccnn1-c1ccc(C(F)(F)F)cc1C)c1ccc(OC(C)C(=O)O)c(C)c1. The Kier molecular flexibility index (Phi) is 7.12. The molecule has 0 radical (unpaired) electrons. The Morgan fingerprint density at radius 3 is 2.45 bits per heavy atom. The Morgan fingerprint density at radius 1 is 1.15 bits per heavy atom. The number of aryl methyl sites for hydroxylation is 2. The summed E-state index contributed by atoms with van der Waals surface area (Å²) in [5.41, 5.74) is 2.95. The molecule has 2 unspecified atom stereocenters. The van der Waals surface area contributed by atoms with Crippen LogP contribution in [-0.4, -0.2) is 34.0 Å². The largest absolute Gasteiger partial charge is 0.479 e. The normalized spacial score (nSPS) is 13.5. The van der Waals surface area contributed by atoms with Crippen molar-refractivity contribution in [3.8, 4) is 11.4 Å². The summed E-state index contributed by atoms with van der Waals surface area (Å²) in [6, 6.07) is 10.9. The molecule has 2 N–H and O–H groups in total. The molecule has 0 amide bonds. The molecule has 0 aliphatic carbocycles. The van der Waals surface area contributed by atoms with Gasteiger partial charge in [0.2, 0.25) is 0 Å². The summed E-state index contributed by atoms with van der Waals surface area (Å²) in [5, 5.41) is 16.6. The van der Waals surface area contributed by atoms with Crippen molar-refractivity contribution in [2.75, 3.05) is 7.05 Å². The van der Waals surface area contributed by atoms with Crippen LogP contribution in [0.15, 0.2) is 48.7 Å². The van der Waals surface area contributed by atoms with Crippen LogP contribution in [-0.2, 0) is 17.4 Å². The molecular formula is C24H26F3N3O3. The lowest BCUT2D eigenvalue weighted by molar-refractivity contribution is -0.144. The molecular weight excluding hydrogens is 435 g/mol. The Morgan fingerprint density at radius 2 is 1.88 bits per heavy atom. The topological polar surface area (TPSA) is 76.4 Å². The molecule has 6 nitrogen and oxygen atoms in total. The van der Waals surface area contributed by atoms with Gasteiger partial charge in [-0.3, -0.25) is 0 Å². The van der Waals surface area contributed by atoms with Crippen LogP contribution in [0.25, 0.3) is 5.69 Å². The smallest absolute Gasteiger partial charge is 0.416 e. The minimum Gasteiger partial charge on any atom is -0.479 e. The van der Waals surface area contributed by atoms with Crippen molar-refractivity contribution in [2.45, 2.75) is 45.5 Å². The molecule has 0 fully saturated rings. The second kappa shape index (κ2) is 9.66. The summed E-state index contributed by atoms with van der Waals surface area (Å²) in [4.78, 5) is 11.1. The number of halogens is 3. The van der Waals surface area contributed by atoms with E-state index in [1.54, 1.807) is 23.9 Å². The maximum Gasteiger partial charge on any atom is 0.416 e. The van der Waals surface area contributed by atoms with Gasteiger partial charge in [-0.1, -0.05) is 12.1 Å². The van der Waals surface area contributed by atoms with Crippen LogP contribution >= 0.6 is 0 Å². The molecule has 0 aliphatic rings. The third-order valence-corrected chi connectivity index (χ3v) is 5.49. The number of rotatable bonds is 8. The van der Waals surface area contributed by atoms with E-state index in [0.717, 1.165) is 29.0 Å². The van der Waals surface area contributed by atoms with E-state index in [0.29, 0.717) is 23.4 Å². The van der Waals surface area contributed by atoms with E-state index in [-0.39, 0.29) is 6.04 Å². The summed E-state index contributed by atoms with van der Waals surface area (Å²) in [7, 11) is 1.82. The molecule has 33 heavy (non-hydrogen) atoms. The van der Waals surface area contributed by atoms with Gasteiger partial charge >= 0.3 is 12.1 Å². The Balaban J connectivity index is 1.85. The van der Waals surface area contributed by atoms with Crippen LogP contribution in [0.4, 0.5) is 13.2 Å². The molecule has 2 atom stereocenters. The number of nitrogens with zero attached hydrogens (tertiary/aromatic N) is 2. The average Bonchev–Trinajstić information content (AvgIpc) is 3.20. The van der Waals surface area contributed by atoms with E-state index in [1.165, 1.54) is 13.0 Å². The van der Waals surface area contributed by atoms with E-state index < -0.39 is 23.8 Å². The molecule has 3 rings (SSSR count). The van der Waals surface area contributed by atoms with Gasteiger partial charge in [0.25, 0.3) is 0 Å². The summed E-state index contributed by atoms with van der Waals surface area (Å²) >= 11 is 0. The lowest BCUT2D eigenvalue weighted by atomic mass is 9.99. The molecule has 9 heteroatoms. The molecule has 0 bridgehead atoms. The number of aliphatic carboxylic acids is 1. The van der Waals surface area contributed by atoms with Crippen molar-refractivity contribution in [3.05, 3.63) is 76.6 Å². The predicted octanol–water partition coefficient (Wildman–Crippen LogP) is 4.86. The van der Waals surface area contributed by atoms with Gasteiger partial charge in [0, 0.05) is 24.4 Å². The molecule has 0 saturated heterocycles. The molecule has 1 heterocycles. The van der Waals surface area contributed by atoms with E-state index in [4.69, 9.17) is 9.84 Å². The van der Waals surface area contributed by atoms with Crippen LogP contribution < -0.4 is 10.1 Å². The number of hydrogen-bond acceptors (Lipinski definition) is 4. The third kappa shape index (κ3) is 5.54. The van der Waals surface area contributed by atoms with Crippen LogP contribution in [0.5, 0.6) is 5.75 Å². The molecule has 176 valence electrons. The van der Waals surface area contributed by atoms with Crippen molar-refractivity contribution in [3.63, 3.8) is 0 Å². The zero-order valence-corrected chi connectivity index (χ0v) is 18.8. The van der Waals surface area contributed by atoms with Crippen LogP contribution in [0.2, 0.25) is 0 Å². The quantitative estimate of drug-likeness (QED) is 0.501. The van der Waals surface area contributed by atoms with Gasteiger partial charge in [-0.05, 0) is 74.8 Å². The summed E-state index contributed by atoms with van der Waals surface area (Å²) in [6.07, 6.45) is -3.21. The number of hydrogen-bond donors (Lipinski definition) is 2. The highest BCUT2D eigenvalue weighted by Gasteiger charge is 2.31. The monoisotopic (exact) mass is 461 g/mol. The van der Waals surface area contributed by atoms with Crippen molar-refractivity contribution in [1.82, 2.24) is 15.1 Å². The predicted molar refractivity (Wildman–Crippen MR) is 118 cm³/mol. The molecule has 0 aliphatic heterocycles. The second-order valence-corrected chi connectivity index (χ2v) is 7.90. The summed E-state index contributed by atoms with van der Waals surface area (Å²) in [5.74, 6) is -0.549. The third-order valence-electron chi connectivity index (χ3n) is 5.49. The highest BCUT2D eigenvalue weighted by molar-refractivity contribution is 5.72. The lowest BCUT2D eigenvalue weighted by Gasteiger charge is -2.20. The first-order valence-corrected chi connectivity index (χ1v) is 10.4. The zero-order chi connectivity index (χ0) is 24.3. The van der Waals surface area contributed by atoms with Gasteiger partial charge in [-0.15, -0.1) is 0 Å². The minimum absolute atomic E-state index is 0.111. The zero-order valence-electron chi connectivity index (χ0n) is 18.8. The number of nitrogens with one attached hydrogen (secondary N) is 1. The number of carboxylic acid groups (broad SMARTS) is 1. The fourth-order valence-corrected chi connectivity index (χ4v) is 3.63. The highest BCUT2D eigenvalue weighted by Crippen LogP contribution is 2.32. The first-order valence-electron chi connectivity index (χ1n) is 10.4. The van der Waals surface area contributed by atoms with E-state index in [9.17, 15) is 18.0 Å². The van der Waals surface area contributed by atoms with E-state index in [2.05, 4.69) is 10.4 Å². The first-order chi connectivity index (χ1) is 15.5. The Labute approximate surface area is 190 Å². The number of ether oxygens (including phenoxy) is 1. The Hall–Kier alpha value is -3.33. The molecule has 1 aromatic heterocycles. The van der Waals surface area contributed by atoms with Crippen LogP contribution in [0, 0.1) is 13.8 Å². The summed E-state index contributed by atoms with van der Waals surface area (Å²) in [6.45, 7) is 4.94. The maximum atomic E-state index is 13.0. The van der Waals surface area contributed by atoms with Crippen molar-refractivity contribution in [2.24, 2.45) is 0 Å². The van der Waals surface area contributed by atoms with Crippen molar-refractivity contribution in [1.29, 1.82) is 0 Å². The molecule has 0 spiro atoms. The number of aromatic nitrogens is 2. The standard InChI is InChI=1S/C24H26F3N3O3/c1-14-12-18(24(25,26)27)6-7-21(14)30-19(9-10-29-30)13-20(28-4)17-5-8-22(15(2)11-17)33-16(3)23(31)32/h5-12,16,20,28H,13H2,1-4H3,(H,31,32). The fraction of sp³-hybridized carbons (Fsp3) is 0.333. The summed E-state index contributed by atoms with van der Waals surface area (Å²) < 4.78 is 46.2.